The largest absolute Gasteiger partial charge is 0.490 e. The summed E-state index contributed by atoms with van der Waals surface area (Å²) in [5.74, 6) is 2.16. The average Bonchev–Trinajstić information content (AvgIpc) is 3.35. The summed E-state index contributed by atoms with van der Waals surface area (Å²) >= 11 is 0. The molecule has 1 atom stereocenters. The molecule has 2 aromatic rings. The first-order valence-electron chi connectivity index (χ1n) is 11.2. The molecule has 1 saturated carbocycles. The summed E-state index contributed by atoms with van der Waals surface area (Å²) in [5.41, 5.74) is 7.69. The fourth-order valence-corrected chi connectivity index (χ4v) is 4.96. The zero-order chi connectivity index (χ0) is 20.4. The summed E-state index contributed by atoms with van der Waals surface area (Å²) < 4.78 is 12.6. The van der Waals surface area contributed by atoms with Gasteiger partial charge in [0, 0.05) is 6.54 Å². The molecule has 29 heavy (non-hydrogen) atoms. The minimum absolute atomic E-state index is 0.302. The van der Waals surface area contributed by atoms with Crippen LogP contribution in [0.1, 0.15) is 65.5 Å². The van der Waals surface area contributed by atoms with E-state index in [-0.39, 0.29) is 0 Å². The molecule has 0 aromatic heterocycles. The van der Waals surface area contributed by atoms with Crippen LogP contribution in [0.3, 0.4) is 0 Å². The van der Waals surface area contributed by atoms with Gasteiger partial charge in [-0.05, 0) is 106 Å². The van der Waals surface area contributed by atoms with Gasteiger partial charge in [0.25, 0.3) is 0 Å². The lowest BCUT2D eigenvalue weighted by Crippen LogP contribution is -2.20. The Bertz CT molecular complexity index is 743. The third-order valence-corrected chi connectivity index (χ3v) is 6.33. The lowest BCUT2D eigenvalue weighted by Gasteiger charge is -2.20. The molecule has 1 N–H and O–H groups in total. The van der Waals surface area contributed by atoms with Gasteiger partial charge in [-0.1, -0.05) is 24.3 Å². The SMILES string of the molecule is Cc1cc(Cc2cc(C)c(O[C@@H]3CCNC3)c(C)c2)cc(C)c1OC1CCCC1. The second kappa shape index (κ2) is 8.79. The molecule has 0 bridgehead atoms. The monoisotopic (exact) mass is 393 g/mol. The standard InChI is InChI=1S/C26H35NO2/c1-17-11-21(12-18(2)25(17)28-23-7-5-6-8-23)15-22-13-19(3)26(20(4)14-22)29-24-9-10-27-16-24/h11-14,23-24,27H,5-10,15-16H2,1-4H3/t24-/m1/s1. The first-order valence-corrected chi connectivity index (χ1v) is 11.2. The van der Waals surface area contributed by atoms with Crippen molar-refractivity contribution in [1.82, 2.24) is 5.32 Å². The van der Waals surface area contributed by atoms with Crippen LogP contribution in [0.15, 0.2) is 24.3 Å². The van der Waals surface area contributed by atoms with E-state index in [1.54, 1.807) is 0 Å². The molecule has 1 heterocycles. The van der Waals surface area contributed by atoms with E-state index < -0.39 is 0 Å². The van der Waals surface area contributed by atoms with E-state index in [4.69, 9.17) is 9.47 Å². The second-order valence-electron chi connectivity index (χ2n) is 9.05. The van der Waals surface area contributed by atoms with Crippen LogP contribution in [-0.2, 0) is 6.42 Å². The zero-order valence-corrected chi connectivity index (χ0v) is 18.4. The van der Waals surface area contributed by atoms with Crippen molar-refractivity contribution in [2.75, 3.05) is 13.1 Å². The summed E-state index contributed by atoms with van der Waals surface area (Å²) in [6, 6.07) is 9.18. The molecule has 0 spiro atoms. The number of hydrogen-bond donors (Lipinski definition) is 1. The van der Waals surface area contributed by atoms with E-state index in [0.717, 1.165) is 37.4 Å². The molecule has 1 aliphatic carbocycles. The highest BCUT2D eigenvalue weighted by molar-refractivity contribution is 5.48. The Kier molecular flexibility index (Phi) is 6.15. The van der Waals surface area contributed by atoms with Crippen LogP contribution >= 0.6 is 0 Å². The van der Waals surface area contributed by atoms with Gasteiger partial charge in [-0.3, -0.25) is 0 Å². The summed E-state index contributed by atoms with van der Waals surface area (Å²) in [7, 11) is 0. The maximum absolute atomic E-state index is 6.34. The van der Waals surface area contributed by atoms with Crippen LogP contribution in [0.4, 0.5) is 0 Å². The van der Waals surface area contributed by atoms with E-state index in [9.17, 15) is 0 Å². The normalized spacial score (nSPS) is 19.7. The lowest BCUT2D eigenvalue weighted by atomic mass is 9.97. The smallest absolute Gasteiger partial charge is 0.125 e. The molecule has 2 aromatic carbocycles. The Morgan fingerprint density at radius 3 is 1.66 bits per heavy atom. The molecule has 156 valence electrons. The van der Waals surface area contributed by atoms with Gasteiger partial charge in [0.15, 0.2) is 0 Å². The minimum Gasteiger partial charge on any atom is -0.490 e. The maximum Gasteiger partial charge on any atom is 0.125 e. The number of hydrogen-bond acceptors (Lipinski definition) is 3. The van der Waals surface area contributed by atoms with Crippen molar-refractivity contribution >= 4 is 0 Å². The summed E-state index contributed by atoms with van der Waals surface area (Å²) in [6.45, 7) is 10.7. The topological polar surface area (TPSA) is 30.5 Å². The Hall–Kier alpha value is -2.00. The van der Waals surface area contributed by atoms with Gasteiger partial charge in [-0.25, -0.2) is 0 Å². The van der Waals surface area contributed by atoms with Crippen molar-refractivity contribution < 1.29 is 9.47 Å². The number of nitrogens with one attached hydrogen (secondary N) is 1. The van der Waals surface area contributed by atoms with Gasteiger partial charge in [0.2, 0.25) is 0 Å². The average molecular weight is 394 g/mol. The molecule has 3 nitrogen and oxygen atoms in total. The van der Waals surface area contributed by atoms with E-state index in [1.807, 2.05) is 0 Å². The van der Waals surface area contributed by atoms with E-state index in [1.165, 1.54) is 59.1 Å². The van der Waals surface area contributed by atoms with Crippen LogP contribution in [-0.4, -0.2) is 25.3 Å². The van der Waals surface area contributed by atoms with Crippen LogP contribution in [0.5, 0.6) is 11.5 Å². The predicted molar refractivity (Wildman–Crippen MR) is 119 cm³/mol. The van der Waals surface area contributed by atoms with Crippen molar-refractivity contribution in [3.63, 3.8) is 0 Å². The summed E-state index contributed by atoms with van der Waals surface area (Å²) in [6.07, 6.45) is 7.75. The highest BCUT2D eigenvalue weighted by Gasteiger charge is 2.20. The molecule has 3 heteroatoms. The van der Waals surface area contributed by atoms with Crippen molar-refractivity contribution in [1.29, 1.82) is 0 Å². The quantitative estimate of drug-likeness (QED) is 0.696. The zero-order valence-electron chi connectivity index (χ0n) is 18.4. The molecule has 4 rings (SSSR count). The maximum atomic E-state index is 6.34. The van der Waals surface area contributed by atoms with Gasteiger partial charge in [0.1, 0.15) is 17.6 Å². The van der Waals surface area contributed by atoms with Gasteiger partial charge < -0.3 is 14.8 Å². The Labute approximate surface area is 175 Å². The number of aryl methyl sites for hydroxylation is 4. The molecular weight excluding hydrogens is 358 g/mol. The molecule has 0 unspecified atom stereocenters. The summed E-state index contributed by atoms with van der Waals surface area (Å²) in [5, 5.41) is 3.38. The van der Waals surface area contributed by atoms with Crippen LogP contribution in [0.2, 0.25) is 0 Å². The van der Waals surface area contributed by atoms with Crippen molar-refractivity contribution in [2.45, 2.75) is 78.4 Å². The van der Waals surface area contributed by atoms with Gasteiger partial charge in [-0.15, -0.1) is 0 Å². The molecule has 1 aliphatic heterocycles. The van der Waals surface area contributed by atoms with Crippen LogP contribution in [0, 0.1) is 27.7 Å². The van der Waals surface area contributed by atoms with Crippen molar-refractivity contribution in [3.05, 3.63) is 57.6 Å². The van der Waals surface area contributed by atoms with E-state index in [0.29, 0.717) is 12.2 Å². The van der Waals surface area contributed by atoms with Crippen molar-refractivity contribution in [3.8, 4) is 11.5 Å². The highest BCUT2D eigenvalue weighted by atomic mass is 16.5. The van der Waals surface area contributed by atoms with Gasteiger partial charge in [-0.2, -0.15) is 0 Å². The number of rotatable bonds is 6. The first-order chi connectivity index (χ1) is 14.0. The lowest BCUT2D eigenvalue weighted by molar-refractivity contribution is 0.207. The molecule has 2 aliphatic rings. The predicted octanol–water partition coefficient (Wildman–Crippen LogP) is 5.57. The number of benzene rings is 2. The summed E-state index contributed by atoms with van der Waals surface area (Å²) in [4.78, 5) is 0. The molecular formula is C26H35NO2. The third-order valence-electron chi connectivity index (χ3n) is 6.33. The third kappa shape index (κ3) is 4.78. The number of ether oxygens (including phenoxy) is 2. The minimum atomic E-state index is 0.302. The Morgan fingerprint density at radius 1 is 0.724 bits per heavy atom. The van der Waals surface area contributed by atoms with Crippen molar-refractivity contribution in [2.24, 2.45) is 0 Å². The fourth-order valence-electron chi connectivity index (χ4n) is 4.96. The van der Waals surface area contributed by atoms with E-state index in [2.05, 4.69) is 57.3 Å². The highest BCUT2D eigenvalue weighted by Crippen LogP contribution is 2.32. The van der Waals surface area contributed by atoms with Crippen LogP contribution in [0.25, 0.3) is 0 Å². The molecule has 2 fully saturated rings. The van der Waals surface area contributed by atoms with Gasteiger partial charge in [0.05, 0.1) is 6.10 Å². The van der Waals surface area contributed by atoms with Gasteiger partial charge >= 0.3 is 0 Å². The fraction of sp³-hybridized carbons (Fsp3) is 0.538. The van der Waals surface area contributed by atoms with E-state index >= 15 is 0 Å². The Morgan fingerprint density at radius 2 is 1.21 bits per heavy atom. The molecule has 0 radical (unpaired) electrons. The Balaban J connectivity index is 1.49. The second-order valence-corrected chi connectivity index (χ2v) is 9.05. The first kappa shape index (κ1) is 20.3. The molecule has 1 saturated heterocycles. The van der Waals surface area contributed by atoms with Crippen LogP contribution < -0.4 is 14.8 Å². The molecule has 0 amide bonds.